The average Bonchev–Trinajstić information content (AvgIpc) is 3.32. The van der Waals surface area contributed by atoms with Crippen molar-refractivity contribution in [3.63, 3.8) is 0 Å². The highest BCUT2D eigenvalue weighted by Crippen LogP contribution is 2.52. The van der Waals surface area contributed by atoms with Gasteiger partial charge in [0, 0.05) is 16.9 Å². The molecule has 2 aliphatic heterocycles. The normalized spacial score (nSPS) is 30.1. The quantitative estimate of drug-likeness (QED) is 0.415. The first-order chi connectivity index (χ1) is 13.8. The summed E-state index contributed by atoms with van der Waals surface area (Å²) in [5, 5.41) is 4.88. The summed E-state index contributed by atoms with van der Waals surface area (Å²) in [5.74, 6) is -0.316. The SMILES string of the molecule is CCCCCC1N(NC(=O)c2ccccc2C=O)[C@@]12NC(=O)OCC(C)(C)[C@@H]2C. The molecule has 1 aromatic carbocycles. The number of benzene rings is 1. The lowest BCUT2D eigenvalue weighted by atomic mass is 9.75. The summed E-state index contributed by atoms with van der Waals surface area (Å²) in [4.78, 5) is 36.6. The molecule has 2 fully saturated rings. The van der Waals surface area contributed by atoms with Gasteiger partial charge >= 0.3 is 6.09 Å². The fourth-order valence-electron chi connectivity index (χ4n) is 4.37. The molecule has 29 heavy (non-hydrogen) atoms. The summed E-state index contributed by atoms with van der Waals surface area (Å²) in [6.45, 7) is 8.70. The molecule has 2 saturated heterocycles. The number of nitrogens with zero attached hydrogens (tertiary/aromatic N) is 1. The first-order valence-corrected chi connectivity index (χ1v) is 10.4. The zero-order valence-electron chi connectivity index (χ0n) is 17.7. The van der Waals surface area contributed by atoms with Crippen LogP contribution in [-0.4, -0.2) is 41.6 Å². The molecule has 2 unspecified atom stereocenters. The number of amides is 2. The summed E-state index contributed by atoms with van der Waals surface area (Å²) in [6, 6.07) is 6.67. The first kappa shape index (κ1) is 21.3. The number of hydrogen-bond acceptors (Lipinski definition) is 5. The molecular formula is C22H31N3O4. The van der Waals surface area contributed by atoms with Crippen molar-refractivity contribution in [2.24, 2.45) is 11.3 Å². The van der Waals surface area contributed by atoms with E-state index in [9.17, 15) is 14.4 Å². The average molecular weight is 402 g/mol. The fraction of sp³-hybridized carbons (Fsp3) is 0.591. The van der Waals surface area contributed by atoms with Crippen LogP contribution >= 0.6 is 0 Å². The van der Waals surface area contributed by atoms with Crippen molar-refractivity contribution >= 4 is 18.3 Å². The van der Waals surface area contributed by atoms with E-state index in [4.69, 9.17) is 4.74 Å². The second kappa shape index (κ2) is 8.14. The van der Waals surface area contributed by atoms with Crippen molar-refractivity contribution < 1.29 is 19.1 Å². The van der Waals surface area contributed by atoms with E-state index in [1.165, 1.54) is 0 Å². The van der Waals surface area contributed by atoms with Gasteiger partial charge in [-0.25, -0.2) is 4.79 Å². The van der Waals surface area contributed by atoms with E-state index in [0.717, 1.165) is 25.7 Å². The molecule has 2 N–H and O–H groups in total. The molecule has 0 bridgehead atoms. The third kappa shape index (κ3) is 3.88. The van der Waals surface area contributed by atoms with Gasteiger partial charge in [0.15, 0.2) is 6.29 Å². The van der Waals surface area contributed by atoms with E-state index in [1.54, 1.807) is 24.3 Å². The second-order valence-electron chi connectivity index (χ2n) is 8.76. The van der Waals surface area contributed by atoms with Gasteiger partial charge in [0.2, 0.25) is 0 Å². The minimum Gasteiger partial charge on any atom is -0.449 e. The number of alkyl carbamates (subject to hydrolysis) is 1. The molecule has 3 rings (SSSR count). The Morgan fingerprint density at radius 1 is 1.34 bits per heavy atom. The monoisotopic (exact) mass is 401 g/mol. The highest BCUT2D eigenvalue weighted by atomic mass is 16.6. The Balaban J connectivity index is 1.89. The van der Waals surface area contributed by atoms with Crippen LogP contribution in [0, 0.1) is 11.3 Å². The number of unbranched alkanes of at least 4 members (excludes halogenated alkanes) is 2. The molecular weight excluding hydrogens is 370 g/mol. The van der Waals surface area contributed by atoms with Crippen LogP contribution in [0.5, 0.6) is 0 Å². The van der Waals surface area contributed by atoms with Crippen LogP contribution in [0.25, 0.3) is 0 Å². The molecule has 0 aliphatic carbocycles. The Kier molecular flexibility index (Phi) is 5.98. The van der Waals surface area contributed by atoms with Crippen molar-refractivity contribution in [3.8, 4) is 0 Å². The Hall–Kier alpha value is -2.41. The van der Waals surface area contributed by atoms with Gasteiger partial charge in [-0.15, -0.1) is 0 Å². The van der Waals surface area contributed by atoms with Crippen LogP contribution in [0.2, 0.25) is 0 Å². The van der Waals surface area contributed by atoms with Crippen LogP contribution < -0.4 is 10.7 Å². The van der Waals surface area contributed by atoms with Gasteiger partial charge in [0.05, 0.1) is 18.2 Å². The molecule has 1 spiro atoms. The Morgan fingerprint density at radius 2 is 2.07 bits per heavy atom. The standard InChI is InChI=1S/C22H31N3O4/c1-5-6-7-12-18-22(15(2)21(3,4)14-29-20(28)23-22)25(18)24-19(27)17-11-9-8-10-16(17)13-26/h8-11,13,15,18H,5-7,12,14H2,1-4H3,(H,23,28)(H,24,27)/t15-,18?,22+,25?/m0/s1. The minimum atomic E-state index is -0.698. The summed E-state index contributed by atoms with van der Waals surface area (Å²) in [6.07, 6.45) is 4.25. The van der Waals surface area contributed by atoms with Crippen molar-refractivity contribution in [3.05, 3.63) is 35.4 Å². The maximum absolute atomic E-state index is 13.0. The number of rotatable bonds is 7. The third-order valence-electron chi connectivity index (χ3n) is 6.50. The number of hydrogen-bond donors (Lipinski definition) is 2. The topological polar surface area (TPSA) is 87.5 Å². The number of ether oxygens (including phenoxy) is 1. The molecule has 0 saturated carbocycles. The van der Waals surface area contributed by atoms with E-state index >= 15 is 0 Å². The maximum Gasteiger partial charge on any atom is 0.408 e. The Morgan fingerprint density at radius 3 is 2.76 bits per heavy atom. The van der Waals surface area contributed by atoms with Crippen molar-refractivity contribution in [2.45, 2.75) is 65.1 Å². The van der Waals surface area contributed by atoms with E-state index in [2.05, 4.69) is 38.4 Å². The van der Waals surface area contributed by atoms with Crippen LogP contribution in [0.4, 0.5) is 4.79 Å². The van der Waals surface area contributed by atoms with Crippen molar-refractivity contribution in [1.82, 2.24) is 15.8 Å². The second-order valence-corrected chi connectivity index (χ2v) is 8.76. The van der Waals surface area contributed by atoms with Gasteiger partial charge in [0.25, 0.3) is 5.91 Å². The highest BCUT2D eigenvalue weighted by molar-refractivity contribution is 6.01. The summed E-state index contributed by atoms with van der Waals surface area (Å²) in [5.41, 5.74) is 2.66. The maximum atomic E-state index is 13.0. The van der Waals surface area contributed by atoms with Crippen LogP contribution in [0.15, 0.2) is 24.3 Å². The summed E-state index contributed by atoms with van der Waals surface area (Å²) in [7, 11) is 0. The van der Waals surface area contributed by atoms with Crippen molar-refractivity contribution in [1.29, 1.82) is 0 Å². The highest BCUT2D eigenvalue weighted by Gasteiger charge is 2.70. The van der Waals surface area contributed by atoms with Gasteiger partial charge in [0.1, 0.15) is 5.66 Å². The van der Waals surface area contributed by atoms with Crippen LogP contribution in [0.3, 0.4) is 0 Å². The molecule has 2 amide bonds. The lowest BCUT2D eigenvalue weighted by Gasteiger charge is -2.33. The molecule has 2 aliphatic rings. The molecule has 4 atom stereocenters. The van der Waals surface area contributed by atoms with Gasteiger partial charge in [-0.05, 0) is 12.5 Å². The fourth-order valence-corrected chi connectivity index (χ4v) is 4.37. The number of carbonyl (C=O) groups is 3. The van der Waals surface area contributed by atoms with Crippen LogP contribution in [0.1, 0.15) is 74.1 Å². The molecule has 1 aromatic rings. The van der Waals surface area contributed by atoms with Crippen LogP contribution in [-0.2, 0) is 4.74 Å². The van der Waals surface area contributed by atoms with Gasteiger partial charge in [-0.1, -0.05) is 65.2 Å². The van der Waals surface area contributed by atoms with Crippen molar-refractivity contribution in [2.75, 3.05) is 6.61 Å². The smallest absolute Gasteiger partial charge is 0.408 e. The van der Waals surface area contributed by atoms with Gasteiger partial charge < -0.3 is 4.74 Å². The molecule has 0 aromatic heterocycles. The summed E-state index contributed by atoms with van der Waals surface area (Å²) >= 11 is 0. The van der Waals surface area contributed by atoms with Gasteiger partial charge in [-0.2, -0.15) is 5.01 Å². The predicted octanol–water partition coefficient (Wildman–Crippen LogP) is 3.51. The van der Waals surface area contributed by atoms with E-state index in [0.29, 0.717) is 24.0 Å². The number of nitrogens with one attached hydrogen (secondary N) is 2. The number of hydrazine groups is 1. The molecule has 2 heterocycles. The van der Waals surface area contributed by atoms with Gasteiger partial charge in [-0.3, -0.25) is 20.3 Å². The largest absolute Gasteiger partial charge is 0.449 e. The lowest BCUT2D eigenvalue weighted by molar-refractivity contribution is 0.0720. The number of aldehydes is 1. The molecule has 7 nitrogen and oxygen atoms in total. The molecule has 0 radical (unpaired) electrons. The summed E-state index contributed by atoms with van der Waals surface area (Å²) < 4.78 is 5.38. The molecule has 158 valence electrons. The Labute approximate surface area is 172 Å². The number of cyclic esters (lactones) is 1. The third-order valence-corrected chi connectivity index (χ3v) is 6.50. The van der Waals surface area contributed by atoms with E-state index < -0.39 is 11.8 Å². The zero-order chi connectivity index (χ0) is 21.2. The Bertz CT molecular complexity index is 794. The zero-order valence-corrected chi connectivity index (χ0v) is 17.7. The lowest BCUT2D eigenvalue weighted by Crippen LogP contribution is -2.51. The minimum absolute atomic E-state index is 0.0266. The molecule has 7 heteroatoms. The van der Waals surface area contributed by atoms with E-state index in [-0.39, 0.29) is 23.3 Å². The van der Waals surface area contributed by atoms with E-state index in [1.807, 2.05) is 5.01 Å². The number of carbonyl (C=O) groups excluding carboxylic acids is 3. The first-order valence-electron chi connectivity index (χ1n) is 10.4. The predicted molar refractivity (Wildman–Crippen MR) is 109 cm³/mol.